The van der Waals surface area contributed by atoms with Gasteiger partial charge in [0.2, 0.25) is 0 Å². The van der Waals surface area contributed by atoms with Crippen molar-refractivity contribution in [3.05, 3.63) is 88.5 Å². The number of hydrogen-bond donors (Lipinski definition) is 2. The zero-order chi connectivity index (χ0) is 21.5. The number of aryl methyl sites for hydroxylation is 2. The number of carboxylic acid groups (broad SMARTS) is 1. The molecule has 0 amide bonds. The second kappa shape index (κ2) is 9.83. The van der Waals surface area contributed by atoms with E-state index < -0.39 is 5.97 Å². The standard InChI is InChI=1S/C25H27NO4/c1-4-29-24-13-19(15-26-22-14-20(25(27)28)11-9-18(22)3)10-12-23(24)30-16-21-8-6-5-7-17(21)2/h5-14,26H,4,15-16H2,1-3H3,(H,27,28). The van der Waals surface area contributed by atoms with Gasteiger partial charge in [-0.05, 0) is 67.3 Å². The molecule has 156 valence electrons. The number of aromatic carboxylic acids is 1. The zero-order valence-electron chi connectivity index (χ0n) is 17.6. The van der Waals surface area contributed by atoms with Crippen LogP contribution in [0.15, 0.2) is 60.7 Å². The van der Waals surface area contributed by atoms with E-state index in [0.717, 1.165) is 22.4 Å². The molecule has 0 saturated heterocycles. The summed E-state index contributed by atoms with van der Waals surface area (Å²) < 4.78 is 11.8. The molecule has 0 bridgehead atoms. The van der Waals surface area contributed by atoms with Crippen LogP contribution in [0.1, 0.15) is 39.5 Å². The van der Waals surface area contributed by atoms with E-state index in [0.29, 0.717) is 31.3 Å². The minimum Gasteiger partial charge on any atom is -0.490 e. The van der Waals surface area contributed by atoms with Crippen LogP contribution < -0.4 is 14.8 Å². The third-order valence-corrected chi connectivity index (χ3v) is 4.92. The van der Waals surface area contributed by atoms with Crippen molar-refractivity contribution in [2.75, 3.05) is 11.9 Å². The van der Waals surface area contributed by atoms with Crippen LogP contribution in [0, 0.1) is 13.8 Å². The number of anilines is 1. The molecule has 2 N–H and O–H groups in total. The normalized spacial score (nSPS) is 10.5. The summed E-state index contributed by atoms with van der Waals surface area (Å²) >= 11 is 0. The van der Waals surface area contributed by atoms with Crippen LogP contribution in [0.5, 0.6) is 11.5 Å². The maximum Gasteiger partial charge on any atom is 0.335 e. The number of nitrogens with one attached hydrogen (secondary N) is 1. The molecule has 0 aliphatic heterocycles. The summed E-state index contributed by atoms with van der Waals surface area (Å²) in [7, 11) is 0. The summed E-state index contributed by atoms with van der Waals surface area (Å²) in [6, 6.07) is 19.1. The van der Waals surface area contributed by atoms with Gasteiger partial charge in [0, 0.05) is 12.2 Å². The lowest BCUT2D eigenvalue weighted by Crippen LogP contribution is -2.05. The van der Waals surface area contributed by atoms with Gasteiger partial charge in [-0.2, -0.15) is 0 Å². The predicted octanol–water partition coefficient (Wildman–Crippen LogP) is 5.59. The number of benzene rings is 3. The average Bonchev–Trinajstić information content (AvgIpc) is 2.73. The molecule has 3 aromatic rings. The van der Waals surface area contributed by atoms with Crippen molar-refractivity contribution >= 4 is 11.7 Å². The smallest absolute Gasteiger partial charge is 0.335 e. The Kier molecular flexibility index (Phi) is 6.96. The highest BCUT2D eigenvalue weighted by Gasteiger charge is 2.10. The Morgan fingerprint density at radius 2 is 1.73 bits per heavy atom. The van der Waals surface area contributed by atoms with E-state index >= 15 is 0 Å². The molecule has 5 nitrogen and oxygen atoms in total. The van der Waals surface area contributed by atoms with Gasteiger partial charge in [-0.3, -0.25) is 0 Å². The van der Waals surface area contributed by atoms with Crippen molar-refractivity contribution in [3.8, 4) is 11.5 Å². The van der Waals surface area contributed by atoms with Crippen molar-refractivity contribution in [2.24, 2.45) is 0 Å². The molecule has 0 unspecified atom stereocenters. The Morgan fingerprint density at radius 1 is 0.933 bits per heavy atom. The van der Waals surface area contributed by atoms with Crippen LogP contribution in [0.3, 0.4) is 0 Å². The van der Waals surface area contributed by atoms with Gasteiger partial charge in [0.25, 0.3) is 0 Å². The molecule has 30 heavy (non-hydrogen) atoms. The number of carboxylic acids is 1. The second-order valence-corrected chi connectivity index (χ2v) is 7.12. The molecule has 0 aliphatic rings. The number of rotatable bonds is 9. The van der Waals surface area contributed by atoms with Gasteiger partial charge >= 0.3 is 5.97 Å². The second-order valence-electron chi connectivity index (χ2n) is 7.12. The summed E-state index contributed by atoms with van der Waals surface area (Å²) in [6.45, 7) is 7.52. The molecule has 0 radical (unpaired) electrons. The van der Waals surface area contributed by atoms with E-state index in [9.17, 15) is 9.90 Å². The SMILES string of the molecule is CCOc1cc(CNc2cc(C(=O)O)ccc2C)ccc1OCc1ccccc1C. The summed E-state index contributed by atoms with van der Waals surface area (Å²) in [6.07, 6.45) is 0. The number of carbonyl (C=O) groups is 1. The first-order valence-corrected chi connectivity index (χ1v) is 9.98. The molecule has 0 aliphatic carbocycles. The molecule has 3 rings (SSSR count). The fourth-order valence-electron chi connectivity index (χ4n) is 3.12. The first-order valence-electron chi connectivity index (χ1n) is 9.98. The highest BCUT2D eigenvalue weighted by molar-refractivity contribution is 5.89. The Hall–Kier alpha value is -3.47. The predicted molar refractivity (Wildman–Crippen MR) is 119 cm³/mol. The third kappa shape index (κ3) is 5.32. The van der Waals surface area contributed by atoms with E-state index in [1.807, 2.05) is 44.2 Å². The summed E-state index contributed by atoms with van der Waals surface area (Å²) in [5, 5.41) is 12.5. The molecule has 3 aromatic carbocycles. The molecule has 0 fully saturated rings. The number of hydrogen-bond acceptors (Lipinski definition) is 4. The quantitative estimate of drug-likeness (QED) is 0.486. The van der Waals surface area contributed by atoms with Crippen molar-refractivity contribution < 1.29 is 19.4 Å². The molecule has 0 aromatic heterocycles. The first kappa shape index (κ1) is 21.2. The van der Waals surface area contributed by atoms with E-state index in [1.54, 1.807) is 18.2 Å². The molecule has 5 heteroatoms. The average molecular weight is 405 g/mol. The maximum absolute atomic E-state index is 11.2. The van der Waals surface area contributed by atoms with Gasteiger partial charge in [-0.1, -0.05) is 36.4 Å². The fourth-order valence-corrected chi connectivity index (χ4v) is 3.12. The van der Waals surface area contributed by atoms with Gasteiger partial charge in [0.05, 0.1) is 12.2 Å². The molecular weight excluding hydrogens is 378 g/mol. The summed E-state index contributed by atoms with van der Waals surface area (Å²) in [5.41, 5.74) is 5.39. The Balaban J connectivity index is 1.72. The summed E-state index contributed by atoms with van der Waals surface area (Å²) in [4.78, 5) is 11.2. The van der Waals surface area contributed by atoms with Gasteiger partial charge in [0.1, 0.15) is 6.61 Å². The van der Waals surface area contributed by atoms with E-state index in [1.165, 1.54) is 5.56 Å². The minimum atomic E-state index is -0.938. The van der Waals surface area contributed by atoms with Crippen molar-refractivity contribution in [1.82, 2.24) is 0 Å². The van der Waals surface area contributed by atoms with Crippen molar-refractivity contribution in [1.29, 1.82) is 0 Å². The Bertz CT molecular complexity index is 1030. The van der Waals surface area contributed by atoms with Crippen LogP contribution >= 0.6 is 0 Å². The van der Waals surface area contributed by atoms with Crippen LogP contribution in [0.4, 0.5) is 5.69 Å². The van der Waals surface area contributed by atoms with Gasteiger partial charge in [-0.15, -0.1) is 0 Å². The maximum atomic E-state index is 11.2. The van der Waals surface area contributed by atoms with Gasteiger partial charge in [-0.25, -0.2) is 4.79 Å². The fraction of sp³-hybridized carbons (Fsp3) is 0.240. The Morgan fingerprint density at radius 3 is 2.47 bits per heavy atom. The lowest BCUT2D eigenvalue weighted by molar-refractivity contribution is 0.0697. The van der Waals surface area contributed by atoms with Crippen LogP contribution in [0.25, 0.3) is 0 Å². The topological polar surface area (TPSA) is 67.8 Å². The molecule has 0 heterocycles. The van der Waals surface area contributed by atoms with E-state index in [2.05, 4.69) is 24.4 Å². The molecular formula is C25H27NO4. The number of ether oxygens (including phenoxy) is 2. The third-order valence-electron chi connectivity index (χ3n) is 4.92. The lowest BCUT2D eigenvalue weighted by atomic mass is 10.1. The van der Waals surface area contributed by atoms with Crippen molar-refractivity contribution in [2.45, 2.75) is 33.9 Å². The minimum absolute atomic E-state index is 0.262. The van der Waals surface area contributed by atoms with Crippen LogP contribution in [-0.2, 0) is 13.2 Å². The largest absolute Gasteiger partial charge is 0.490 e. The zero-order valence-corrected chi connectivity index (χ0v) is 17.6. The first-order chi connectivity index (χ1) is 14.5. The monoisotopic (exact) mass is 405 g/mol. The highest BCUT2D eigenvalue weighted by Crippen LogP contribution is 2.30. The van der Waals surface area contributed by atoms with Crippen molar-refractivity contribution in [3.63, 3.8) is 0 Å². The van der Waals surface area contributed by atoms with Gasteiger partial charge in [0.15, 0.2) is 11.5 Å². The molecule has 0 spiro atoms. The molecule has 0 atom stereocenters. The highest BCUT2D eigenvalue weighted by atomic mass is 16.5. The van der Waals surface area contributed by atoms with E-state index in [-0.39, 0.29) is 5.56 Å². The summed E-state index contributed by atoms with van der Waals surface area (Å²) in [5.74, 6) is 0.459. The van der Waals surface area contributed by atoms with Crippen LogP contribution in [0.2, 0.25) is 0 Å². The van der Waals surface area contributed by atoms with Gasteiger partial charge < -0.3 is 19.9 Å². The Labute approximate surface area is 177 Å². The van der Waals surface area contributed by atoms with E-state index in [4.69, 9.17) is 9.47 Å². The lowest BCUT2D eigenvalue weighted by Gasteiger charge is -2.15. The molecule has 0 saturated carbocycles. The van der Waals surface area contributed by atoms with Crippen LogP contribution in [-0.4, -0.2) is 17.7 Å².